The monoisotopic (exact) mass is 304 g/mol. The van der Waals surface area contributed by atoms with Crippen molar-refractivity contribution in [1.82, 2.24) is 4.90 Å². The van der Waals surface area contributed by atoms with Gasteiger partial charge in [-0.05, 0) is 52.3 Å². The van der Waals surface area contributed by atoms with Crippen molar-refractivity contribution in [2.75, 3.05) is 18.4 Å². The number of carbonyl (C=O) groups excluding carboxylic acids is 2. The number of para-hydroxylation sites is 1. The van der Waals surface area contributed by atoms with Gasteiger partial charge in [0.05, 0.1) is 12.6 Å². The van der Waals surface area contributed by atoms with Crippen LogP contribution in [0.1, 0.15) is 33.6 Å². The fraction of sp³-hybridized carbons (Fsp3) is 0.529. The number of amides is 1. The summed E-state index contributed by atoms with van der Waals surface area (Å²) in [5.74, 6) is -0.348. The van der Waals surface area contributed by atoms with Crippen LogP contribution in [0.15, 0.2) is 30.3 Å². The molecule has 1 amide bonds. The first-order chi connectivity index (χ1) is 10.3. The maximum atomic E-state index is 12.4. The number of nitrogens with zero attached hydrogens (tertiary/aromatic N) is 1. The van der Waals surface area contributed by atoms with E-state index in [1.54, 1.807) is 0 Å². The summed E-state index contributed by atoms with van der Waals surface area (Å²) in [5.41, 5.74) is 0.273. The molecule has 0 spiro atoms. The lowest BCUT2D eigenvalue weighted by molar-refractivity contribution is -0.156. The maximum absolute atomic E-state index is 12.4. The van der Waals surface area contributed by atoms with E-state index in [1.807, 2.05) is 56.0 Å². The molecule has 5 nitrogen and oxygen atoms in total. The van der Waals surface area contributed by atoms with E-state index in [4.69, 9.17) is 4.74 Å². The van der Waals surface area contributed by atoms with Gasteiger partial charge in [-0.1, -0.05) is 18.2 Å². The van der Waals surface area contributed by atoms with E-state index in [9.17, 15) is 9.59 Å². The Morgan fingerprint density at radius 1 is 1.27 bits per heavy atom. The number of rotatable bonds is 4. The van der Waals surface area contributed by atoms with Gasteiger partial charge in [-0.25, -0.2) is 0 Å². The molecule has 22 heavy (non-hydrogen) atoms. The zero-order chi connectivity index (χ0) is 16.2. The van der Waals surface area contributed by atoms with Gasteiger partial charge in [-0.15, -0.1) is 0 Å². The predicted octanol–water partition coefficient (Wildman–Crippen LogP) is 2.43. The molecule has 1 aliphatic heterocycles. The highest BCUT2D eigenvalue weighted by Gasteiger charge is 2.33. The van der Waals surface area contributed by atoms with Crippen molar-refractivity contribution in [3.05, 3.63) is 30.3 Å². The van der Waals surface area contributed by atoms with Crippen LogP contribution in [0.4, 0.5) is 5.69 Å². The summed E-state index contributed by atoms with van der Waals surface area (Å²) in [6, 6.07) is 9.09. The number of hydrogen-bond acceptors (Lipinski definition) is 4. The third-order valence-electron chi connectivity index (χ3n) is 3.46. The second kappa shape index (κ2) is 6.92. The molecule has 0 radical (unpaired) electrons. The Morgan fingerprint density at radius 2 is 1.95 bits per heavy atom. The Balaban J connectivity index is 1.92. The Morgan fingerprint density at radius 3 is 2.59 bits per heavy atom. The highest BCUT2D eigenvalue weighted by Crippen LogP contribution is 2.19. The first-order valence-electron chi connectivity index (χ1n) is 7.67. The molecular formula is C17H24N2O3. The van der Waals surface area contributed by atoms with Crippen molar-refractivity contribution < 1.29 is 14.3 Å². The number of anilines is 1. The van der Waals surface area contributed by atoms with Crippen LogP contribution in [-0.2, 0) is 14.3 Å². The van der Waals surface area contributed by atoms with Crippen LogP contribution in [-0.4, -0.2) is 41.5 Å². The number of ether oxygens (including phenoxy) is 1. The molecule has 1 atom stereocenters. The second-order valence-corrected chi connectivity index (χ2v) is 6.57. The van der Waals surface area contributed by atoms with Gasteiger partial charge in [-0.3, -0.25) is 14.5 Å². The van der Waals surface area contributed by atoms with Gasteiger partial charge in [0, 0.05) is 5.69 Å². The molecule has 1 N–H and O–H groups in total. The Labute approximate surface area is 131 Å². The normalized spacial score (nSPS) is 19.0. The van der Waals surface area contributed by atoms with Crippen molar-refractivity contribution in [1.29, 1.82) is 0 Å². The van der Waals surface area contributed by atoms with Gasteiger partial charge in [0.1, 0.15) is 5.60 Å². The van der Waals surface area contributed by atoms with E-state index in [1.165, 1.54) is 0 Å². The molecule has 1 heterocycles. The smallest absolute Gasteiger partial charge is 0.320 e. The Hall–Kier alpha value is -1.88. The minimum Gasteiger partial charge on any atom is -0.459 e. The average Bonchev–Trinajstić information content (AvgIpc) is 2.85. The summed E-state index contributed by atoms with van der Waals surface area (Å²) in [7, 11) is 0. The molecule has 120 valence electrons. The molecule has 0 bridgehead atoms. The minimum atomic E-state index is -0.501. The Bertz CT molecular complexity index is 522. The standard InChI is InChI=1S/C17H24N2O3/c1-17(2,3)22-15(20)12-19-11-7-10-14(19)16(21)18-13-8-5-4-6-9-13/h4-6,8-9,14H,7,10-12H2,1-3H3,(H,18,21). The SMILES string of the molecule is CC(C)(C)OC(=O)CN1CCCC1C(=O)Nc1ccccc1. The van der Waals surface area contributed by atoms with Crippen LogP contribution >= 0.6 is 0 Å². The summed E-state index contributed by atoms with van der Waals surface area (Å²) >= 11 is 0. The number of benzene rings is 1. The lowest BCUT2D eigenvalue weighted by Crippen LogP contribution is -2.43. The third-order valence-corrected chi connectivity index (χ3v) is 3.46. The molecule has 1 aliphatic rings. The van der Waals surface area contributed by atoms with Crippen molar-refractivity contribution >= 4 is 17.6 Å². The molecule has 0 aliphatic carbocycles. The highest BCUT2D eigenvalue weighted by molar-refractivity contribution is 5.95. The van der Waals surface area contributed by atoms with Crippen molar-refractivity contribution in [2.45, 2.75) is 45.3 Å². The van der Waals surface area contributed by atoms with Gasteiger partial charge in [0.15, 0.2) is 0 Å². The molecule has 1 fully saturated rings. The summed E-state index contributed by atoms with van der Waals surface area (Å²) in [5, 5.41) is 2.90. The quantitative estimate of drug-likeness (QED) is 0.868. The topological polar surface area (TPSA) is 58.6 Å². The average molecular weight is 304 g/mol. The Kier molecular flexibility index (Phi) is 5.19. The van der Waals surface area contributed by atoms with Crippen LogP contribution in [0, 0.1) is 0 Å². The lowest BCUT2D eigenvalue weighted by Gasteiger charge is -2.25. The summed E-state index contributed by atoms with van der Waals surface area (Å²) in [6.45, 7) is 6.42. The fourth-order valence-corrected chi connectivity index (χ4v) is 2.60. The van der Waals surface area contributed by atoms with Gasteiger partial charge in [0.2, 0.25) is 5.91 Å². The number of hydrogen-bond donors (Lipinski definition) is 1. The molecule has 1 saturated heterocycles. The van der Waals surface area contributed by atoms with Crippen LogP contribution in [0.25, 0.3) is 0 Å². The fourth-order valence-electron chi connectivity index (χ4n) is 2.60. The van der Waals surface area contributed by atoms with Gasteiger partial charge in [-0.2, -0.15) is 0 Å². The molecule has 0 saturated carbocycles. The number of carbonyl (C=O) groups is 2. The second-order valence-electron chi connectivity index (χ2n) is 6.57. The van der Waals surface area contributed by atoms with Crippen molar-refractivity contribution in [3.8, 4) is 0 Å². The van der Waals surface area contributed by atoms with E-state index in [-0.39, 0.29) is 24.5 Å². The van der Waals surface area contributed by atoms with E-state index in [0.717, 1.165) is 25.1 Å². The van der Waals surface area contributed by atoms with Crippen molar-refractivity contribution in [2.24, 2.45) is 0 Å². The molecule has 5 heteroatoms. The molecule has 1 aromatic rings. The molecule has 0 aromatic heterocycles. The minimum absolute atomic E-state index is 0.0627. The number of likely N-dealkylation sites (tertiary alicyclic amines) is 1. The molecule has 1 unspecified atom stereocenters. The summed E-state index contributed by atoms with van der Waals surface area (Å²) in [6.07, 6.45) is 1.68. The lowest BCUT2D eigenvalue weighted by atomic mass is 10.2. The maximum Gasteiger partial charge on any atom is 0.320 e. The van der Waals surface area contributed by atoms with Gasteiger partial charge >= 0.3 is 5.97 Å². The largest absolute Gasteiger partial charge is 0.459 e. The summed E-state index contributed by atoms with van der Waals surface area (Å²) in [4.78, 5) is 26.2. The first kappa shape index (κ1) is 16.5. The van der Waals surface area contributed by atoms with E-state index in [2.05, 4.69) is 5.32 Å². The highest BCUT2D eigenvalue weighted by atomic mass is 16.6. The predicted molar refractivity (Wildman–Crippen MR) is 85.5 cm³/mol. The van der Waals surface area contributed by atoms with Gasteiger partial charge in [0.25, 0.3) is 0 Å². The molecule has 2 rings (SSSR count). The third kappa shape index (κ3) is 4.84. The molecular weight excluding hydrogens is 280 g/mol. The van der Waals surface area contributed by atoms with Crippen LogP contribution in [0.2, 0.25) is 0 Å². The van der Waals surface area contributed by atoms with Crippen LogP contribution < -0.4 is 5.32 Å². The van der Waals surface area contributed by atoms with Crippen LogP contribution in [0.5, 0.6) is 0 Å². The van der Waals surface area contributed by atoms with Crippen molar-refractivity contribution in [3.63, 3.8) is 0 Å². The van der Waals surface area contributed by atoms with Gasteiger partial charge < -0.3 is 10.1 Å². The summed E-state index contributed by atoms with van der Waals surface area (Å²) < 4.78 is 5.33. The number of esters is 1. The first-order valence-corrected chi connectivity index (χ1v) is 7.67. The van der Waals surface area contributed by atoms with E-state index >= 15 is 0 Å². The van der Waals surface area contributed by atoms with E-state index in [0.29, 0.717) is 0 Å². The molecule has 1 aromatic carbocycles. The number of nitrogens with one attached hydrogen (secondary N) is 1. The van der Waals surface area contributed by atoms with E-state index < -0.39 is 5.60 Å². The zero-order valence-corrected chi connectivity index (χ0v) is 13.5. The zero-order valence-electron chi connectivity index (χ0n) is 13.5. The van der Waals surface area contributed by atoms with Crippen LogP contribution in [0.3, 0.4) is 0 Å².